The van der Waals surface area contributed by atoms with E-state index in [0.29, 0.717) is 0 Å². The molecule has 0 amide bonds. The molecule has 14 heavy (non-hydrogen) atoms. The smallest absolute Gasteiger partial charge is 0.0216 e. The van der Waals surface area contributed by atoms with E-state index in [1.165, 1.54) is 36.8 Å². The Morgan fingerprint density at radius 2 is 1.79 bits per heavy atom. The fraction of sp³-hybridized carbons (Fsp3) is 0.429. The predicted octanol–water partition coefficient (Wildman–Crippen LogP) is 3.95. The van der Waals surface area contributed by atoms with E-state index in [1.807, 2.05) is 0 Å². The highest BCUT2D eigenvalue weighted by atomic mass is 14.5. The van der Waals surface area contributed by atoms with Crippen LogP contribution in [0.15, 0.2) is 30.3 Å². The van der Waals surface area contributed by atoms with E-state index in [-0.39, 0.29) is 0 Å². The topological polar surface area (TPSA) is 0 Å². The summed E-state index contributed by atoms with van der Waals surface area (Å²) in [5.41, 5.74) is 5.11. The maximum Gasteiger partial charge on any atom is -0.0216 e. The van der Waals surface area contributed by atoms with Gasteiger partial charge < -0.3 is 0 Å². The first kappa shape index (κ1) is 8.28. The lowest BCUT2D eigenvalue weighted by Gasteiger charge is -2.06. The first-order chi connectivity index (χ1) is 6.77. The first-order valence-corrected chi connectivity index (χ1v) is 5.54. The monoisotopic (exact) mass is 184 g/mol. The van der Waals surface area contributed by atoms with Gasteiger partial charge in [-0.15, -0.1) is 0 Å². The number of aryl methyl sites for hydroxylation is 1. The van der Waals surface area contributed by atoms with E-state index in [2.05, 4.69) is 37.3 Å². The molecule has 2 aliphatic carbocycles. The molecule has 1 aromatic rings. The molecule has 0 bridgehead atoms. The molecule has 0 radical (unpaired) electrons. The van der Waals surface area contributed by atoms with Crippen LogP contribution in [-0.2, 0) is 0 Å². The van der Waals surface area contributed by atoms with Gasteiger partial charge in [0.1, 0.15) is 0 Å². The summed E-state index contributed by atoms with van der Waals surface area (Å²) in [4.78, 5) is 0. The van der Waals surface area contributed by atoms with Crippen LogP contribution in [-0.4, -0.2) is 0 Å². The Balaban J connectivity index is 1.86. The summed E-state index contributed by atoms with van der Waals surface area (Å²) in [6, 6.07) is 8.97. The van der Waals surface area contributed by atoms with Crippen LogP contribution in [0, 0.1) is 12.3 Å². The highest BCUT2D eigenvalue weighted by molar-refractivity contribution is 5.69. The summed E-state index contributed by atoms with van der Waals surface area (Å²) < 4.78 is 0. The second kappa shape index (κ2) is 2.73. The number of hydrogen-bond acceptors (Lipinski definition) is 0. The fourth-order valence-corrected chi connectivity index (χ4v) is 2.43. The van der Waals surface area contributed by atoms with Crippen LogP contribution < -0.4 is 0 Å². The van der Waals surface area contributed by atoms with Crippen molar-refractivity contribution >= 4 is 5.57 Å². The minimum Gasteiger partial charge on any atom is -0.0801 e. The molecule has 2 aliphatic rings. The summed E-state index contributed by atoms with van der Waals surface area (Å²) >= 11 is 0. The second-order valence-electron chi connectivity index (χ2n) is 4.98. The van der Waals surface area contributed by atoms with Crippen LogP contribution >= 0.6 is 0 Å². The summed E-state index contributed by atoms with van der Waals surface area (Å²) in [7, 11) is 0. The Kier molecular flexibility index (Phi) is 1.61. The molecule has 0 saturated heterocycles. The van der Waals surface area contributed by atoms with Crippen molar-refractivity contribution in [2.75, 3.05) is 0 Å². The molecule has 0 N–H and O–H groups in total. The van der Waals surface area contributed by atoms with Gasteiger partial charge in [0, 0.05) is 0 Å². The van der Waals surface area contributed by atoms with E-state index < -0.39 is 0 Å². The lowest BCUT2D eigenvalue weighted by Crippen LogP contribution is -1.91. The van der Waals surface area contributed by atoms with Crippen molar-refractivity contribution < 1.29 is 0 Å². The number of hydrogen-bond donors (Lipinski definition) is 0. The Morgan fingerprint density at radius 1 is 1.07 bits per heavy atom. The minimum atomic E-state index is 0.722. The molecule has 1 fully saturated rings. The Bertz CT molecular complexity index is 377. The van der Waals surface area contributed by atoms with Crippen molar-refractivity contribution in [2.45, 2.75) is 32.6 Å². The Labute approximate surface area is 85.6 Å². The molecule has 72 valence electrons. The maximum absolute atomic E-state index is 2.46. The van der Waals surface area contributed by atoms with E-state index in [4.69, 9.17) is 0 Å². The van der Waals surface area contributed by atoms with E-state index in [0.717, 1.165) is 5.41 Å². The van der Waals surface area contributed by atoms with Gasteiger partial charge in [-0.3, -0.25) is 0 Å². The molecule has 0 atom stereocenters. The molecular weight excluding hydrogens is 168 g/mol. The minimum absolute atomic E-state index is 0.722. The number of allylic oxidation sites excluding steroid dienone is 2. The molecule has 0 heteroatoms. The van der Waals surface area contributed by atoms with Crippen LogP contribution in [0.5, 0.6) is 0 Å². The van der Waals surface area contributed by atoms with Gasteiger partial charge in [0.25, 0.3) is 0 Å². The van der Waals surface area contributed by atoms with Gasteiger partial charge in [0.2, 0.25) is 0 Å². The van der Waals surface area contributed by atoms with Gasteiger partial charge in [-0.25, -0.2) is 0 Å². The third kappa shape index (κ3) is 1.30. The number of benzene rings is 1. The van der Waals surface area contributed by atoms with Gasteiger partial charge in [-0.05, 0) is 49.2 Å². The van der Waals surface area contributed by atoms with Gasteiger partial charge in [-0.2, -0.15) is 0 Å². The third-order valence-electron chi connectivity index (χ3n) is 3.73. The summed E-state index contributed by atoms with van der Waals surface area (Å²) in [5.74, 6) is 0. The standard InChI is InChI=1S/C14H16/c1-11-2-4-12(5-3-11)13-6-7-14(10-13)8-9-14/h2-6H,7-10H2,1H3. The number of rotatable bonds is 1. The predicted molar refractivity (Wildman–Crippen MR) is 60.1 cm³/mol. The van der Waals surface area contributed by atoms with Gasteiger partial charge in [-0.1, -0.05) is 35.9 Å². The van der Waals surface area contributed by atoms with Gasteiger partial charge in [0.15, 0.2) is 0 Å². The van der Waals surface area contributed by atoms with Crippen molar-refractivity contribution in [3.63, 3.8) is 0 Å². The van der Waals surface area contributed by atoms with Crippen LogP contribution in [0.4, 0.5) is 0 Å². The molecule has 0 aliphatic heterocycles. The summed E-state index contributed by atoms with van der Waals surface area (Å²) in [5, 5.41) is 0. The quantitative estimate of drug-likeness (QED) is 0.620. The van der Waals surface area contributed by atoms with Crippen LogP contribution in [0.3, 0.4) is 0 Å². The van der Waals surface area contributed by atoms with Crippen molar-refractivity contribution in [2.24, 2.45) is 5.41 Å². The molecule has 0 unspecified atom stereocenters. The molecule has 1 saturated carbocycles. The van der Waals surface area contributed by atoms with Gasteiger partial charge in [0.05, 0.1) is 0 Å². The van der Waals surface area contributed by atoms with Crippen molar-refractivity contribution in [1.82, 2.24) is 0 Å². The SMILES string of the molecule is Cc1ccc(C2=CCC3(CC3)C2)cc1. The van der Waals surface area contributed by atoms with E-state index in [1.54, 1.807) is 5.57 Å². The van der Waals surface area contributed by atoms with E-state index >= 15 is 0 Å². The van der Waals surface area contributed by atoms with Crippen LogP contribution in [0.25, 0.3) is 5.57 Å². The lowest BCUT2D eigenvalue weighted by atomic mass is 9.98. The molecular formula is C14H16. The lowest BCUT2D eigenvalue weighted by molar-refractivity contribution is 0.563. The molecule has 3 rings (SSSR count). The normalized spacial score (nSPS) is 22.5. The summed E-state index contributed by atoms with van der Waals surface area (Å²) in [6.07, 6.45) is 8.03. The van der Waals surface area contributed by atoms with E-state index in [9.17, 15) is 0 Å². The zero-order valence-electron chi connectivity index (χ0n) is 8.72. The average molecular weight is 184 g/mol. The molecule has 0 aromatic heterocycles. The molecule has 1 spiro atoms. The maximum atomic E-state index is 2.46. The van der Waals surface area contributed by atoms with Crippen LogP contribution in [0.2, 0.25) is 0 Å². The molecule has 0 heterocycles. The summed E-state index contributed by atoms with van der Waals surface area (Å²) in [6.45, 7) is 2.15. The van der Waals surface area contributed by atoms with Gasteiger partial charge >= 0.3 is 0 Å². The average Bonchev–Trinajstić information content (AvgIpc) is 2.79. The third-order valence-corrected chi connectivity index (χ3v) is 3.73. The zero-order chi connectivity index (χ0) is 9.60. The van der Waals surface area contributed by atoms with Crippen molar-refractivity contribution in [3.8, 4) is 0 Å². The molecule has 0 nitrogen and oxygen atoms in total. The van der Waals surface area contributed by atoms with Crippen LogP contribution in [0.1, 0.15) is 36.8 Å². The Hall–Kier alpha value is -1.04. The van der Waals surface area contributed by atoms with Crippen molar-refractivity contribution in [3.05, 3.63) is 41.5 Å². The Morgan fingerprint density at radius 3 is 2.36 bits per heavy atom. The zero-order valence-corrected chi connectivity index (χ0v) is 8.72. The molecule has 1 aromatic carbocycles. The highest BCUT2D eigenvalue weighted by Gasteiger charge is 2.44. The van der Waals surface area contributed by atoms with Crippen molar-refractivity contribution in [1.29, 1.82) is 0 Å². The first-order valence-electron chi connectivity index (χ1n) is 5.54. The largest absolute Gasteiger partial charge is 0.0801 e. The highest BCUT2D eigenvalue weighted by Crippen LogP contribution is 2.58. The fourth-order valence-electron chi connectivity index (χ4n) is 2.43. The second-order valence-corrected chi connectivity index (χ2v) is 4.98.